The average molecular weight is 289 g/mol. The Morgan fingerprint density at radius 1 is 1.33 bits per heavy atom. The first-order chi connectivity index (χ1) is 10.2. The zero-order chi connectivity index (χ0) is 15.1. The van der Waals surface area contributed by atoms with Gasteiger partial charge in [0.05, 0.1) is 5.56 Å². The minimum Gasteiger partial charge on any atom is -0.483 e. The van der Waals surface area contributed by atoms with Crippen LogP contribution in [0.15, 0.2) is 30.6 Å². The summed E-state index contributed by atoms with van der Waals surface area (Å²) in [4.78, 5) is 26.8. The fraction of sp³-hybridized carbons (Fsp3) is 0.231. The van der Waals surface area contributed by atoms with E-state index in [4.69, 9.17) is 10.5 Å². The Balaban J connectivity index is 1.77. The Kier molecular flexibility index (Phi) is 4.86. The van der Waals surface area contributed by atoms with Crippen LogP contribution in [0.2, 0.25) is 0 Å². The number of nitrogens with zero attached hydrogens (tertiary/aromatic N) is 2. The molecule has 0 aliphatic carbocycles. The Morgan fingerprint density at radius 3 is 2.86 bits per heavy atom. The molecule has 1 aromatic heterocycles. The molecule has 1 aromatic carbocycles. The van der Waals surface area contributed by atoms with Crippen LogP contribution >= 0.6 is 0 Å². The zero-order valence-corrected chi connectivity index (χ0v) is 11.2. The van der Waals surface area contributed by atoms with E-state index >= 15 is 0 Å². The molecule has 110 valence electrons. The van der Waals surface area contributed by atoms with Gasteiger partial charge in [0.1, 0.15) is 17.9 Å². The normalized spacial score (nSPS) is 10.1. The number of carbonyl (C=O) groups is 2. The number of aromatic nitrogens is 3. The fourth-order valence-corrected chi connectivity index (χ4v) is 1.66. The van der Waals surface area contributed by atoms with Crippen molar-refractivity contribution in [1.29, 1.82) is 0 Å². The van der Waals surface area contributed by atoms with Crippen LogP contribution in [0.1, 0.15) is 16.2 Å². The predicted molar refractivity (Wildman–Crippen MR) is 73.6 cm³/mol. The van der Waals surface area contributed by atoms with Gasteiger partial charge in [-0.3, -0.25) is 14.7 Å². The quantitative estimate of drug-likeness (QED) is 0.642. The van der Waals surface area contributed by atoms with Gasteiger partial charge in [-0.1, -0.05) is 12.1 Å². The Bertz CT molecular complexity index is 612. The molecule has 0 spiro atoms. The molecule has 4 N–H and O–H groups in total. The highest BCUT2D eigenvalue weighted by atomic mass is 16.5. The smallest absolute Gasteiger partial charge is 0.257 e. The summed E-state index contributed by atoms with van der Waals surface area (Å²) in [5.74, 6) is 0.0794. The van der Waals surface area contributed by atoms with Crippen LogP contribution in [0.25, 0.3) is 0 Å². The third-order valence-electron chi connectivity index (χ3n) is 2.66. The monoisotopic (exact) mass is 289 g/mol. The topological polar surface area (TPSA) is 123 Å². The number of benzene rings is 1. The molecule has 2 aromatic rings. The van der Waals surface area contributed by atoms with Gasteiger partial charge in [0.2, 0.25) is 0 Å². The van der Waals surface area contributed by atoms with Crippen LogP contribution in [-0.2, 0) is 11.2 Å². The molecule has 8 heteroatoms. The number of hydrogen-bond acceptors (Lipinski definition) is 5. The van der Waals surface area contributed by atoms with Gasteiger partial charge in [-0.2, -0.15) is 5.10 Å². The van der Waals surface area contributed by atoms with Crippen molar-refractivity contribution in [3.8, 4) is 5.75 Å². The van der Waals surface area contributed by atoms with Crippen molar-refractivity contribution >= 4 is 11.8 Å². The van der Waals surface area contributed by atoms with E-state index in [1.54, 1.807) is 24.3 Å². The predicted octanol–water partition coefficient (Wildman–Crippen LogP) is -0.359. The van der Waals surface area contributed by atoms with Crippen molar-refractivity contribution in [2.24, 2.45) is 5.73 Å². The number of amides is 2. The van der Waals surface area contributed by atoms with E-state index in [0.717, 1.165) is 0 Å². The maximum atomic E-state index is 11.6. The van der Waals surface area contributed by atoms with Crippen LogP contribution < -0.4 is 15.8 Å². The van der Waals surface area contributed by atoms with Crippen LogP contribution in [0, 0.1) is 0 Å². The second-order valence-corrected chi connectivity index (χ2v) is 4.18. The Hall–Kier alpha value is -2.90. The van der Waals surface area contributed by atoms with Gasteiger partial charge in [0.25, 0.3) is 11.8 Å². The van der Waals surface area contributed by atoms with E-state index in [-0.39, 0.29) is 23.8 Å². The van der Waals surface area contributed by atoms with Crippen LogP contribution in [0.5, 0.6) is 5.75 Å². The molecule has 0 aliphatic rings. The number of para-hydroxylation sites is 1. The molecule has 0 fully saturated rings. The van der Waals surface area contributed by atoms with Gasteiger partial charge < -0.3 is 15.8 Å². The zero-order valence-electron chi connectivity index (χ0n) is 11.2. The van der Waals surface area contributed by atoms with E-state index < -0.39 is 5.91 Å². The molecule has 0 aliphatic heterocycles. The summed E-state index contributed by atoms with van der Waals surface area (Å²) in [6.45, 7) is 0.218. The van der Waals surface area contributed by atoms with E-state index in [9.17, 15) is 9.59 Å². The lowest BCUT2D eigenvalue weighted by molar-refractivity contribution is -0.123. The number of aromatic amines is 1. The van der Waals surface area contributed by atoms with Crippen molar-refractivity contribution in [1.82, 2.24) is 20.5 Å². The molecule has 0 saturated carbocycles. The van der Waals surface area contributed by atoms with E-state index in [1.165, 1.54) is 6.33 Å². The van der Waals surface area contributed by atoms with Gasteiger partial charge in [0, 0.05) is 13.0 Å². The summed E-state index contributed by atoms with van der Waals surface area (Å²) in [6.07, 6.45) is 1.95. The highest BCUT2D eigenvalue weighted by molar-refractivity contribution is 5.95. The lowest BCUT2D eigenvalue weighted by Crippen LogP contribution is -2.31. The molecule has 21 heavy (non-hydrogen) atoms. The number of H-pyrrole nitrogens is 1. The second-order valence-electron chi connectivity index (χ2n) is 4.18. The summed E-state index contributed by atoms with van der Waals surface area (Å²) < 4.78 is 5.30. The minimum absolute atomic E-state index is 0.194. The van der Waals surface area contributed by atoms with E-state index in [1.807, 2.05) is 0 Å². The van der Waals surface area contributed by atoms with Crippen molar-refractivity contribution in [2.75, 3.05) is 13.2 Å². The number of hydrogen-bond donors (Lipinski definition) is 3. The summed E-state index contributed by atoms with van der Waals surface area (Å²) in [6, 6.07) is 6.50. The van der Waals surface area contributed by atoms with Crippen LogP contribution in [-0.4, -0.2) is 40.1 Å². The molecule has 8 nitrogen and oxygen atoms in total. The first-order valence-corrected chi connectivity index (χ1v) is 6.29. The highest BCUT2D eigenvalue weighted by Gasteiger charge is 2.10. The standard InChI is InChI=1S/C13H15N5O3/c14-13(20)9-3-1-2-4-10(9)21-7-12(19)15-6-5-11-16-8-17-18-11/h1-4,8H,5-7H2,(H2,14,20)(H,15,19)(H,16,17,18). The van der Waals surface area contributed by atoms with Gasteiger partial charge in [-0.15, -0.1) is 0 Å². The molecule has 0 saturated heterocycles. The number of nitrogens with two attached hydrogens (primary N) is 1. The SMILES string of the molecule is NC(=O)c1ccccc1OCC(=O)NCCc1ncn[nH]1. The summed E-state index contributed by atoms with van der Waals surface area (Å²) in [7, 11) is 0. The molecule has 0 radical (unpaired) electrons. The lowest BCUT2D eigenvalue weighted by Gasteiger charge is -2.09. The van der Waals surface area contributed by atoms with E-state index in [0.29, 0.717) is 18.8 Å². The van der Waals surface area contributed by atoms with Gasteiger partial charge in [-0.25, -0.2) is 4.98 Å². The average Bonchev–Trinajstić information content (AvgIpc) is 2.98. The lowest BCUT2D eigenvalue weighted by atomic mass is 10.2. The second kappa shape index (κ2) is 7.04. The van der Waals surface area contributed by atoms with E-state index in [2.05, 4.69) is 20.5 Å². The number of ether oxygens (including phenoxy) is 1. The molecular formula is C13H15N5O3. The maximum Gasteiger partial charge on any atom is 0.257 e. The minimum atomic E-state index is -0.601. The van der Waals surface area contributed by atoms with Gasteiger partial charge in [-0.05, 0) is 12.1 Å². The highest BCUT2D eigenvalue weighted by Crippen LogP contribution is 2.16. The molecule has 2 amide bonds. The summed E-state index contributed by atoms with van der Waals surface area (Å²) in [5, 5.41) is 9.07. The molecule has 0 bridgehead atoms. The number of primary amides is 1. The number of nitrogens with one attached hydrogen (secondary N) is 2. The molecule has 0 unspecified atom stereocenters. The largest absolute Gasteiger partial charge is 0.483 e. The Labute approximate surface area is 120 Å². The van der Waals surface area contributed by atoms with Crippen molar-refractivity contribution in [3.63, 3.8) is 0 Å². The van der Waals surface area contributed by atoms with Crippen molar-refractivity contribution in [2.45, 2.75) is 6.42 Å². The summed E-state index contributed by atoms with van der Waals surface area (Å²) >= 11 is 0. The van der Waals surface area contributed by atoms with Gasteiger partial charge in [0.15, 0.2) is 6.61 Å². The fourth-order valence-electron chi connectivity index (χ4n) is 1.66. The molecule has 2 rings (SSSR count). The third-order valence-corrected chi connectivity index (χ3v) is 2.66. The third kappa shape index (κ3) is 4.30. The molecule has 1 heterocycles. The van der Waals surface area contributed by atoms with Crippen molar-refractivity contribution < 1.29 is 14.3 Å². The van der Waals surface area contributed by atoms with Crippen LogP contribution in [0.3, 0.4) is 0 Å². The molecular weight excluding hydrogens is 274 g/mol. The number of rotatable bonds is 7. The van der Waals surface area contributed by atoms with Crippen molar-refractivity contribution in [3.05, 3.63) is 42.0 Å². The number of carbonyl (C=O) groups excluding carboxylic acids is 2. The van der Waals surface area contributed by atoms with Gasteiger partial charge >= 0.3 is 0 Å². The Morgan fingerprint density at radius 2 is 2.14 bits per heavy atom. The maximum absolute atomic E-state index is 11.6. The first-order valence-electron chi connectivity index (χ1n) is 6.29. The molecule has 0 atom stereocenters. The van der Waals surface area contributed by atoms with Crippen LogP contribution in [0.4, 0.5) is 0 Å². The first kappa shape index (κ1) is 14.5. The summed E-state index contributed by atoms with van der Waals surface area (Å²) in [5.41, 5.74) is 5.46.